The molecular formula is C19H19N5O. The van der Waals surface area contributed by atoms with Gasteiger partial charge in [-0.1, -0.05) is 31.1 Å². The number of nitriles is 1. The van der Waals surface area contributed by atoms with E-state index in [1.54, 1.807) is 18.3 Å². The molecule has 0 atom stereocenters. The topological polar surface area (TPSA) is 87.6 Å². The fourth-order valence-corrected chi connectivity index (χ4v) is 2.48. The third-order valence-electron chi connectivity index (χ3n) is 3.79. The van der Waals surface area contributed by atoms with Crippen molar-refractivity contribution >= 4 is 5.95 Å². The summed E-state index contributed by atoms with van der Waals surface area (Å²) in [6.45, 7) is 6.64. The van der Waals surface area contributed by atoms with Crippen molar-refractivity contribution in [3.63, 3.8) is 0 Å². The molecule has 2 aromatic heterocycles. The van der Waals surface area contributed by atoms with Crippen LogP contribution in [-0.4, -0.2) is 15.1 Å². The molecule has 6 nitrogen and oxygen atoms in total. The number of hydrogen-bond acceptors (Lipinski definition) is 6. The second-order valence-electron chi connectivity index (χ2n) is 6.14. The van der Waals surface area contributed by atoms with Crippen molar-refractivity contribution in [1.29, 1.82) is 5.26 Å². The van der Waals surface area contributed by atoms with E-state index in [4.69, 9.17) is 9.78 Å². The highest BCUT2D eigenvalue weighted by atomic mass is 16.5. The summed E-state index contributed by atoms with van der Waals surface area (Å²) in [7, 11) is 0. The highest BCUT2D eigenvalue weighted by molar-refractivity contribution is 5.61. The lowest BCUT2D eigenvalue weighted by Crippen LogP contribution is -2.07. The first-order chi connectivity index (χ1) is 12.1. The molecule has 0 fully saturated rings. The Morgan fingerprint density at radius 1 is 1.24 bits per heavy atom. The Kier molecular flexibility index (Phi) is 4.75. The SMILES string of the molecule is Cc1cc(-c2cnc(NCc3ccc(C#N)cc3)nc2C(C)C)on1. The van der Waals surface area contributed by atoms with Crippen LogP contribution in [0.5, 0.6) is 0 Å². The summed E-state index contributed by atoms with van der Waals surface area (Å²) in [5.41, 5.74) is 4.30. The molecule has 0 bridgehead atoms. The Hall–Kier alpha value is -3.20. The van der Waals surface area contributed by atoms with Crippen molar-refractivity contribution in [2.75, 3.05) is 5.32 Å². The summed E-state index contributed by atoms with van der Waals surface area (Å²) in [5, 5.41) is 16.0. The number of hydrogen-bond donors (Lipinski definition) is 1. The van der Waals surface area contributed by atoms with Gasteiger partial charge >= 0.3 is 0 Å². The predicted molar refractivity (Wildman–Crippen MR) is 94.8 cm³/mol. The minimum Gasteiger partial charge on any atom is -0.356 e. The average Bonchev–Trinajstić information content (AvgIpc) is 3.06. The molecule has 0 aliphatic carbocycles. The Labute approximate surface area is 146 Å². The van der Waals surface area contributed by atoms with E-state index in [2.05, 4.69) is 40.4 Å². The molecule has 0 aliphatic rings. The second kappa shape index (κ2) is 7.14. The van der Waals surface area contributed by atoms with E-state index in [9.17, 15) is 0 Å². The first-order valence-corrected chi connectivity index (χ1v) is 8.10. The van der Waals surface area contributed by atoms with Crippen LogP contribution in [-0.2, 0) is 6.54 Å². The summed E-state index contributed by atoms with van der Waals surface area (Å²) >= 11 is 0. The summed E-state index contributed by atoms with van der Waals surface area (Å²) in [6.07, 6.45) is 1.77. The molecule has 0 spiro atoms. The van der Waals surface area contributed by atoms with Crippen molar-refractivity contribution in [3.8, 4) is 17.4 Å². The quantitative estimate of drug-likeness (QED) is 0.758. The Bertz CT molecular complexity index is 906. The van der Waals surface area contributed by atoms with E-state index < -0.39 is 0 Å². The van der Waals surface area contributed by atoms with Crippen LogP contribution in [0.3, 0.4) is 0 Å². The van der Waals surface area contributed by atoms with Crippen LogP contribution in [0, 0.1) is 18.3 Å². The normalized spacial score (nSPS) is 10.7. The van der Waals surface area contributed by atoms with Gasteiger partial charge < -0.3 is 9.84 Å². The molecule has 2 heterocycles. The maximum atomic E-state index is 8.84. The Balaban J connectivity index is 1.80. The second-order valence-corrected chi connectivity index (χ2v) is 6.14. The van der Waals surface area contributed by atoms with E-state index in [0.29, 0.717) is 23.8 Å². The highest BCUT2D eigenvalue weighted by Crippen LogP contribution is 2.28. The van der Waals surface area contributed by atoms with Crippen LogP contribution in [0.15, 0.2) is 41.1 Å². The number of nitrogens with one attached hydrogen (secondary N) is 1. The van der Waals surface area contributed by atoms with Crippen LogP contribution < -0.4 is 5.32 Å². The van der Waals surface area contributed by atoms with E-state index in [1.807, 2.05) is 25.1 Å². The highest BCUT2D eigenvalue weighted by Gasteiger charge is 2.16. The molecule has 3 aromatic rings. The van der Waals surface area contributed by atoms with Gasteiger partial charge in [0.2, 0.25) is 5.95 Å². The monoisotopic (exact) mass is 333 g/mol. The lowest BCUT2D eigenvalue weighted by Gasteiger charge is -2.12. The molecule has 0 saturated carbocycles. The molecule has 0 aliphatic heterocycles. The van der Waals surface area contributed by atoms with Gasteiger partial charge in [0.1, 0.15) is 0 Å². The van der Waals surface area contributed by atoms with Crippen molar-refractivity contribution < 1.29 is 4.52 Å². The number of anilines is 1. The lowest BCUT2D eigenvalue weighted by molar-refractivity contribution is 0.426. The Morgan fingerprint density at radius 3 is 2.60 bits per heavy atom. The van der Waals surface area contributed by atoms with Gasteiger partial charge in [-0.15, -0.1) is 0 Å². The first kappa shape index (κ1) is 16.7. The summed E-state index contributed by atoms with van der Waals surface area (Å²) < 4.78 is 5.36. The zero-order valence-corrected chi connectivity index (χ0v) is 14.4. The van der Waals surface area contributed by atoms with Gasteiger partial charge in [-0.05, 0) is 30.5 Å². The van der Waals surface area contributed by atoms with E-state index >= 15 is 0 Å². The molecule has 6 heteroatoms. The van der Waals surface area contributed by atoms with Crippen molar-refractivity contribution in [1.82, 2.24) is 15.1 Å². The summed E-state index contributed by atoms with van der Waals surface area (Å²) in [5.74, 6) is 1.46. The lowest BCUT2D eigenvalue weighted by atomic mass is 10.0. The predicted octanol–water partition coefficient (Wildman–Crippen LogP) is 4.05. The molecule has 25 heavy (non-hydrogen) atoms. The van der Waals surface area contributed by atoms with Gasteiger partial charge in [0.15, 0.2) is 5.76 Å². The molecule has 0 amide bonds. The number of nitrogens with zero attached hydrogens (tertiary/aromatic N) is 4. The number of aromatic nitrogens is 3. The number of benzene rings is 1. The fourth-order valence-electron chi connectivity index (χ4n) is 2.48. The zero-order valence-electron chi connectivity index (χ0n) is 14.4. The molecule has 1 aromatic carbocycles. The minimum atomic E-state index is 0.221. The molecule has 1 N–H and O–H groups in total. The van der Waals surface area contributed by atoms with Crippen molar-refractivity contribution in [3.05, 3.63) is 59.0 Å². The maximum absolute atomic E-state index is 8.84. The van der Waals surface area contributed by atoms with Gasteiger partial charge in [-0.3, -0.25) is 0 Å². The van der Waals surface area contributed by atoms with Crippen molar-refractivity contribution in [2.24, 2.45) is 0 Å². The van der Waals surface area contributed by atoms with Gasteiger partial charge in [0.25, 0.3) is 0 Å². The molecule has 0 unspecified atom stereocenters. The largest absolute Gasteiger partial charge is 0.356 e. The van der Waals surface area contributed by atoms with Crippen molar-refractivity contribution in [2.45, 2.75) is 33.2 Å². The molecule has 3 rings (SSSR count). The summed E-state index contributed by atoms with van der Waals surface area (Å²) in [4.78, 5) is 9.04. The fraction of sp³-hybridized carbons (Fsp3) is 0.263. The average molecular weight is 333 g/mol. The van der Waals surface area contributed by atoms with Gasteiger partial charge in [0.05, 0.1) is 28.6 Å². The van der Waals surface area contributed by atoms with E-state index in [-0.39, 0.29) is 5.92 Å². The summed E-state index contributed by atoms with van der Waals surface area (Å²) in [6, 6.07) is 11.4. The molecular weight excluding hydrogens is 314 g/mol. The van der Waals surface area contributed by atoms with Crippen LogP contribution in [0.2, 0.25) is 0 Å². The standard InChI is InChI=1S/C19H19N5O/c1-12(2)18-16(17-8-13(3)24-25-17)11-22-19(23-18)21-10-15-6-4-14(9-20)5-7-15/h4-8,11-12H,10H2,1-3H3,(H,21,22,23). The zero-order chi connectivity index (χ0) is 17.8. The minimum absolute atomic E-state index is 0.221. The number of aryl methyl sites for hydroxylation is 1. The van der Waals surface area contributed by atoms with E-state index in [0.717, 1.165) is 22.5 Å². The first-order valence-electron chi connectivity index (χ1n) is 8.10. The maximum Gasteiger partial charge on any atom is 0.223 e. The third kappa shape index (κ3) is 3.83. The molecule has 0 saturated heterocycles. The van der Waals surface area contributed by atoms with Crippen LogP contribution in [0.1, 0.15) is 42.3 Å². The van der Waals surface area contributed by atoms with Gasteiger partial charge in [-0.25, -0.2) is 9.97 Å². The smallest absolute Gasteiger partial charge is 0.223 e. The Morgan fingerprint density at radius 2 is 2.00 bits per heavy atom. The number of rotatable bonds is 5. The van der Waals surface area contributed by atoms with Crippen LogP contribution in [0.25, 0.3) is 11.3 Å². The van der Waals surface area contributed by atoms with Gasteiger partial charge in [0, 0.05) is 18.8 Å². The van der Waals surface area contributed by atoms with Crippen LogP contribution >= 0.6 is 0 Å². The van der Waals surface area contributed by atoms with E-state index in [1.165, 1.54) is 0 Å². The van der Waals surface area contributed by atoms with Crippen LogP contribution in [0.4, 0.5) is 5.95 Å². The third-order valence-corrected chi connectivity index (χ3v) is 3.79. The molecule has 126 valence electrons. The molecule has 0 radical (unpaired) electrons. The van der Waals surface area contributed by atoms with Gasteiger partial charge in [-0.2, -0.15) is 5.26 Å².